The summed E-state index contributed by atoms with van der Waals surface area (Å²) in [6, 6.07) is 4.55. The number of hydrogen-bond acceptors (Lipinski definition) is 7. The van der Waals surface area contributed by atoms with Crippen molar-refractivity contribution >= 4 is 22.7 Å². The molecule has 0 spiro atoms. The van der Waals surface area contributed by atoms with Gasteiger partial charge < -0.3 is 25.0 Å². The highest BCUT2D eigenvalue weighted by Crippen LogP contribution is 2.37. The smallest absolute Gasteiger partial charge is 0.390 e. The molecule has 1 saturated heterocycles. The molecule has 12 heteroatoms. The van der Waals surface area contributed by atoms with E-state index in [0.29, 0.717) is 35.8 Å². The van der Waals surface area contributed by atoms with Crippen molar-refractivity contribution in [2.45, 2.75) is 43.3 Å². The van der Waals surface area contributed by atoms with Crippen LogP contribution < -0.4 is 10.2 Å². The Morgan fingerprint density at radius 1 is 1.06 bits per heavy atom. The van der Waals surface area contributed by atoms with Crippen molar-refractivity contribution < 1.29 is 27.8 Å². The van der Waals surface area contributed by atoms with Crippen LogP contribution in [0, 0.1) is 5.92 Å². The fraction of sp³-hybridized carbons (Fsp3) is 0.500. The van der Waals surface area contributed by atoms with Gasteiger partial charge in [0.15, 0.2) is 11.5 Å². The Bertz CT molecular complexity index is 1150. The molecule has 0 bridgehead atoms. The zero-order chi connectivity index (χ0) is 24.0. The van der Waals surface area contributed by atoms with Crippen molar-refractivity contribution in [3.8, 4) is 0 Å². The van der Waals surface area contributed by atoms with Crippen LogP contribution in [-0.2, 0) is 6.18 Å². The third-order valence-electron chi connectivity index (χ3n) is 6.77. The van der Waals surface area contributed by atoms with E-state index in [1.807, 2.05) is 4.90 Å². The predicted molar refractivity (Wildman–Crippen MR) is 116 cm³/mol. The van der Waals surface area contributed by atoms with Gasteiger partial charge in [0.05, 0.1) is 30.7 Å². The summed E-state index contributed by atoms with van der Waals surface area (Å²) in [6.07, 6.45) is -2.75. The van der Waals surface area contributed by atoms with Gasteiger partial charge in [0.25, 0.3) is 0 Å². The van der Waals surface area contributed by atoms with E-state index in [1.54, 1.807) is 4.57 Å². The summed E-state index contributed by atoms with van der Waals surface area (Å²) in [5, 5.41) is 23.8. The number of alkyl halides is 4. The minimum atomic E-state index is -4.37. The molecule has 3 aromatic rings. The van der Waals surface area contributed by atoms with Gasteiger partial charge in [-0.25, -0.2) is 15.0 Å². The summed E-state index contributed by atoms with van der Waals surface area (Å²) in [5.41, 5.74) is 0.985. The van der Waals surface area contributed by atoms with E-state index >= 15 is 0 Å². The molecule has 34 heavy (non-hydrogen) atoms. The molecule has 5 rings (SSSR count). The Hall–Kier alpha value is -2.99. The van der Waals surface area contributed by atoms with Gasteiger partial charge >= 0.3 is 6.18 Å². The molecule has 0 amide bonds. The molecular weight excluding hydrogens is 456 g/mol. The van der Waals surface area contributed by atoms with Crippen molar-refractivity contribution in [3.63, 3.8) is 0 Å². The fourth-order valence-electron chi connectivity index (χ4n) is 4.90. The molecule has 2 aliphatic rings. The lowest BCUT2D eigenvalue weighted by molar-refractivity contribution is -0.137. The van der Waals surface area contributed by atoms with E-state index in [-0.39, 0.29) is 12.5 Å². The number of aliphatic hydroxyl groups excluding tert-OH is 2. The van der Waals surface area contributed by atoms with Gasteiger partial charge in [-0.1, -0.05) is 0 Å². The van der Waals surface area contributed by atoms with Crippen LogP contribution in [0.1, 0.15) is 24.4 Å². The molecule has 3 N–H and O–H groups in total. The van der Waals surface area contributed by atoms with E-state index in [2.05, 4.69) is 20.3 Å². The van der Waals surface area contributed by atoms with E-state index in [1.165, 1.54) is 24.8 Å². The summed E-state index contributed by atoms with van der Waals surface area (Å²) < 4.78 is 53.3. The maximum atomic E-state index is 13.2. The van der Waals surface area contributed by atoms with Crippen molar-refractivity contribution in [2.24, 2.45) is 5.92 Å². The zero-order valence-electron chi connectivity index (χ0n) is 18.0. The van der Waals surface area contributed by atoms with Gasteiger partial charge in [0.2, 0.25) is 0 Å². The number of imidazole rings is 1. The number of nitrogens with one attached hydrogen (secondary N) is 1. The SMILES string of the molecule is OC1C(CF)CC(n2cnc3c(NC4CCN(c5ccc(C(F)(F)F)cc5)C4)ncnc32)C1O. The van der Waals surface area contributed by atoms with Gasteiger partial charge in [-0.15, -0.1) is 0 Å². The van der Waals surface area contributed by atoms with Crippen LogP contribution in [0.15, 0.2) is 36.9 Å². The molecule has 5 atom stereocenters. The number of halogens is 4. The molecule has 2 fully saturated rings. The molecule has 1 aliphatic carbocycles. The average molecular weight is 480 g/mol. The molecule has 1 aliphatic heterocycles. The maximum absolute atomic E-state index is 13.2. The standard InChI is InChI=1S/C22H24F4N6O2/c23-8-12-7-16(19(34)18(12)33)32-11-29-17-20(27-10-28-21(17)32)30-14-5-6-31(9-14)15-3-1-13(2-4-15)22(24,25)26/h1-4,10-12,14,16,18-19,33-34H,5-9H2,(H,27,28,30). The molecule has 0 radical (unpaired) electrons. The summed E-state index contributed by atoms with van der Waals surface area (Å²) in [5.74, 6) is -0.148. The number of aromatic nitrogens is 4. The lowest BCUT2D eigenvalue weighted by Gasteiger charge is -2.20. The van der Waals surface area contributed by atoms with Crippen LogP contribution in [0.5, 0.6) is 0 Å². The van der Waals surface area contributed by atoms with Gasteiger partial charge in [0, 0.05) is 30.7 Å². The monoisotopic (exact) mass is 480 g/mol. The van der Waals surface area contributed by atoms with Crippen LogP contribution in [0.2, 0.25) is 0 Å². The van der Waals surface area contributed by atoms with Crippen molar-refractivity contribution in [1.82, 2.24) is 19.5 Å². The maximum Gasteiger partial charge on any atom is 0.416 e. The Morgan fingerprint density at radius 3 is 2.50 bits per heavy atom. The number of nitrogens with zero attached hydrogens (tertiary/aromatic N) is 5. The van der Waals surface area contributed by atoms with Crippen molar-refractivity contribution in [2.75, 3.05) is 30.0 Å². The van der Waals surface area contributed by atoms with Gasteiger partial charge in [-0.3, -0.25) is 4.39 Å². The molecule has 5 unspecified atom stereocenters. The molecule has 182 valence electrons. The number of benzene rings is 1. The van der Waals surface area contributed by atoms with Crippen molar-refractivity contribution in [1.29, 1.82) is 0 Å². The van der Waals surface area contributed by atoms with Gasteiger partial charge in [-0.05, 0) is 37.1 Å². The van der Waals surface area contributed by atoms with Crippen LogP contribution in [0.25, 0.3) is 11.2 Å². The number of hydrogen-bond donors (Lipinski definition) is 3. The van der Waals surface area contributed by atoms with Gasteiger partial charge in [-0.2, -0.15) is 13.2 Å². The molecule has 8 nitrogen and oxygen atoms in total. The van der Waals surface area contributed by atoms with E-state index in [4.69, 9.17) is 0 Å². The lowest BCUT2D eigenvalue weighted by atomic mass is 10.1. The Labute approximate surface area is 192 Å². The largest absolute Gasteiger partial charge is 0.416 e. The van der Waals surface area contributed by atoms with Crippen LogP contribution in [0.4, 0.5) is 29.1 Å². The third-order valence-corrected chi connectivity index (χ3v) is 6.77. The highest BCUT2D eigenvalue weighted by atomic mass is 19.4. The normalized spacial score (nSPS) is 27.6. The predicted octanol–water partition coefficient (Wildman–Crippen LogP) is 2.79. The summed E-state index contributed by atoms with van der Waals surface area (Å²) in [7, 11) is 0. The quantitative estimate of drug-likeness (QED) is 0.483. The second-order valence-corrected chi connectivity index (χ2v) is 8.87. The Morgan fingerprint density at radius 2 is 1.82 bits per heavy atom. The second-order valence-electron chi connectivity index (χ2n) is 8.87. The van der Waals surface area contributed by atoms with Gasteiger partial charge in [0.1, 0.15) is 17.9 Å². The van der Waals surface area contributed by atoms with Crippen LogP contribution in [-0.4, -0.2) is 67.7 Å². The minimum Gasteiger partial charge on any atom is -0.390 e. The molecule has 2 aromatic heterocycles. The number of rotatable bonds is 5. The van der Waals surface area contributed by atoms with E-state index in [0.717, 1.165) is 18.6 Å². The van der Waals surface area contributed by atoms with Crippen molar-refractivity contribution in [3.05, 3.63) is 42.5 Å². The fourth-order valence-corrected chi connectivity index (χ4v) is 4.90. The first-order chi connectivity index (χ1) is 16.3. The average Bonchev–Trinajstić information content (AvgIpc) is 3.52. The minimum absolute atomic E-state index is 0.0136. The first-order valence-corrected chi connectivity index (χ1v) is 11.0. The highest BCUT2D eigenvalue weighted by Gasteiger charge is 2.43. The Balaban J connectivity index is 1.31. The zero-order valence-corrected chi connectivity index (χ0v) is 18.0. The van der Waals surface area contributed by atoms with Crippen LogP contribution in [0.3, 0.4) is 0 Å². The third kappa shape index (κ3) is 4.05. The number of fused-ring (bicyclic) bond motifs is 1. The summed E-state index contributed by atoms with van der Waals surface area (Å²) in [6.45, 7) is 0.520. The second kappa shape index (κ2) is 8.66. The lowest BCUT2D eigenvalue weighted by Crippen LogP contribution is -2.30. The Kier molecular flexibility index (Phi) is 5.80. The summed E-state index contributed by atoms with van der Waals surface area (Å²) in [4.78, 5) is 15.0. The number of anilines is 2. The van der Waals surface area contributed by atoms with E-state index in [9.17, 15) is 27.8 Å². The first-order valence-electron chi connectivity index (χ1n) is 11.0. The first kappa shape index (κ1) is 22.8. The highest BCUT2D eigenvalue weighted by molar-refractivity contribution is 5.83. The molecule has 1 saturated carbocycles. The molecule has 3 heterocycles. The number of aliphatic hydroxyl groups is 2. The topological polar surface area (TPSA) is 99.3 Å². The summed E-state index contributed by atoms with van der Waals surface area (Å²) >= 11 is 0. The molecule has 1 aromatic carbocycles. The van der Waals surface area contributed by atoms with Crippen LogP contribution >= 0.6 is 0 Å². The molecular formula is C22H24F4N6O2. The van der Waals surface area contributed by atoms with E-state index < -0.39 is 42.6 Å².